The Kier molecular flexibility index (Phi) is 10.8. The molecule has 1 atom stereocenters. The van der Waals surface area contributed by atoms with E-state index in [0.29, 0.717) is 25.0 Å². The predicted octanol–water partition coefficient (Wildman–Crippen LogP) is 4.37. The molecular weight excluding hydrogens is 531 g/mol. The molecule has 2 N–H and O–H groups in total. The second-order valence-electron chi connectivity index (χ2n) is 9.66. The van der Waals surface area contributed by atoms with Gasteiger partial charge in [-0.15, -0.1) is 24.0 Å². The van der Waals surface area contributed by atoms with Crippen LogP contribution in [0.3, 0.4) is 0 Å². The molecule has 1 saturated heterocycles. The van der Waals surface area contributed by atoms with E-state index in [0.717, 1.165) is 68.3 Å². The number of halogens is 1. The number of hydrogen-bond acceptors (Lipinski definition) is 5. The number of nitrogens with zero attached hydrogens (tertiary/aromatic N) is 2. The molecule has 33 heavy (non-hydrogen) atoms. The highest BCUT2D eigenvalue weighted by molar-refractivity contribution is 14.0. The first-order valence-corrected chi connectivity index (χ1v) is 12.4. The molecule has 2 fully saturated rings. The third kappa shape index (κ3) is 8.79. The molecule has 0 aromatic heterocycles. The van der Waals surface area contributed by atoms with Crippen molar-refractivity contribution in [1.82, 2.24) is 10.2 Å². The predicted molar refractivity (Wildman–Crippen MR) is 144 cm³/mol. The topological polar surface area (TPSA) is 67.4 Å². The summed E-state index contributed by atoms with van der Waals surface area (Å²) in [5.74, 6) is 3.65. The Morgan fingerprint density at radius 3 is 2.79 bits per heavy atom. The van der Waals surface area contributed by atoms with E-state index < -0.39 is 0 Å². The first kappa shape index (κ1) is 26.3. The fourth-order valence-electron chi connectivity index (χ4n) is 4.22. The molecule has 0 bridgehead atoms. The average Bonchev–Trinajstić information content (AvgIpc) is 3.57. The van der Waals surface area contributed by atoms with Gasteiger partial charge in [-0.25, -0.2) is 0 Å². The van der Waals surface area contributed by atoms with E-state index >= 15 is 0 Å². The zero-order valence-corrected chi connectivity index (χ0v) is 22.5. The SMILES string of the molecule is CC(C)COCCCNC(=NCC1CCN(C2CC2)C1)Nc1ccc2c(c1)OCCCO2.I. The smallest absolute Gasteiger partial charge is 0.195 e. The molecule has 1 saturated carbocycles. The monoisotopic (exact) mass is 572 g/mol. The van der Waals surface area contributed by atoms with Crippen molar-refractivity contribution in [1.29, 1.82) is 0 Å². The van der Waals surface area contributed by atoms with Crippen molar-refractivity contribution in [2.24, 2.45) is 16.8 Å². The van der Waals surface area contributed by atoms with E-state index in [2.05, 4.69) is 29.4 Å². The number of likely N-dealkylation sites (tertiary alicyclic amines) is 1. The fraction of sp³-hybridized carbons (Fsp3) is 0.720. The first-order valence-electron chi connectivity index (χ1n) is 12.4. The average molecular weight is 573 g/mol. The van der Waals surface area contributed by atoms with E-state index in [1.165, 1.54) is 32.4 Å². The number of hydrogen-bond donors (Lipinski definition) is 2. The van der Waals surface area contributed by atoms with Crippen LogP contribution in [0.2, 0.25) is 0 Å². The van der Waals surface area contributed by atoms with Gasteiger partial charge in [-0.2, -0.15) is 0 Å². The van der Waals surface area contributed by atoms with Crippen molar-refractivity contribution in [3.8, 4) is 11.5 Å². The number of anilines is 1. The van der Waals surface area contributed by atoms with Crippen LogP contribution >= 0.6 is 24.0 Å². The summed E-state index contributed by atoms with van der Waals surface area (Å²) < 4.78 is 17.3. The van der Waals surface area contributed by atoms with Crippen LogP contribution in [-0.4, -0.2) is 69.5 Å². The maximum atomic E-state index is 5.85. The minimum Gasteiger partial charge on any atom is -0.490 e. The summed E-state index contributed by atoms with van der Waals surface area (Å²) in [5, 5.41) is 6.97. The zero-order valence-electron chi connectivity index (χ0n) is 20.2. The molecule has 1 unspecified atom stereocenters. The van der Waals surface area contributed by atoms with Crippen molar-refractivity contribution in [2.75, 3.05) is 57.9 Å². The molecule has 2 heterocycles. The number of nitrogens with one attached hydrogen (secondary N) is 2. The van der Waals surface area contributed by atoms with Crippen molar-refractivity contribution in [3.63, 3.8) is 0 Å². The Balaban J connectivity index is 0.00000306. The second-order valence-corrected chi connectivity index (χ2v) is 9.66. The Bertz CT molecular complexity index is 757. The molecule has 0 spiro atoms. The maximum Gasteiger partial charge on any atom is 0.195 e. The Hall–Kier alpha value is -1.26. The summed E-state index contributed by atoms with van der Waals surface area (Å²) in [5.41, 5.74) is 0.961. The number of guanidine groups is 1. The van der Waals surface area contributed by atoms with Crippen LogP contribution in [0.4, 0.5) is 5.69 Å². The van der Waals surface area contributed by atoms with Crippen molar-refractivity contribution in [2.45, 2.75) is 52.0 Å². The van der Waals surface area contributed by atoms with E-state index in [1.54, 1.807) is 0 Å². The third-order valence-electron chi connectivity index (χ3n) is 6.11. The van der Waals surface area contributed by atoms with Crippen LogP contribution in [0.1, 0.15) is 46.0 Å². The van der Waals surface area contributed by atoms with Gasteiger partial charge < -0.3 is 29.7 Å². The van der Waals surface area contributed by atoms with E-state index in [4.69, 9.17) is 19.2 Å². The minimum atomic E-state index is 0. The number of benzene rings is 1. The van der Waals surface area contributed by atoms with Gasteiger partial charge in [0, 0.05) is 57.1 Å². The van der Waals surface area contributed by atoms with Gasteiger partial charge in [0.2, 0.25) is 0 Å². The lowest BCUT2D eigenvalue weighted by Gasteiger charge is -2.16. The quantitative estimate of drug-likeness (QED) is 0.188. The minimum absolute atomic E-state index is 0. The summed E-state index contributed by atoms with van der Waals surface area (Å²) in [4.78, 5) is 7.60. The van der Waals surface area contributed by atoms with E-state index in [9.17, 15) is 0 Å². The van der Waals surface area contributed by atoms with Crippen LogP contribution in [0, 0.1) is 11.8 Å². The molecule has 2 aliphatic heterocycles. The Morgan fingerprint density at radius 2 is 2.00 bits per heavy atom. The fourth-order valence-corrected chi connectivity index (χ4v) is 4.22. The van der Waals surface area contributed by atoms with Crippen molar-refractivity contribution < 1.29 is 14.2 Å². The molecule has 186 valence electrons. The van der Waals surface area contributed by atoms with Gasteiger partial charge in [0.15, 0.2) is 17.5 Å². The third-order valence-corrected chi connectivity index (χ3v) is 6.11. The summed E-state index contributed by atoms with van der Waals surface area (Å²) in [6.07, 6.45) is 5.87. The highest BCUT2D eigenvalue weighted by Gasteiger charge is 2.34. The first-order chi connectivity index (χ1) is 15.7. The Labute approximate surface area is 216 Å². The van der Waals surface area contributed by atoms with Gasteiger partial charge in [0.25, 0.3) is 0 Å². The van der Waals surface area contributed by atoms with Gasteiger partial charge in [-0.05, 0) is 56.2 Å². The summed E-state index contributed by atoms with van der Waals surface area (Å²) in [6.45, 7) is 11.4. The van der Waals surface area contributed by atoms with Crippen LogP contribution in [0.5, 0.6) is 11.5 Å². The standard InChI is InChI=1S/C25H40N4O3.HI/c1-19(2)18-30-12-3-10-26-25(27-16-20-9-11-29(17-20)22-6-7-22)28-21-5-8-23-24(15-21)32-14-4-13-31-23;/h5,8,15,19-20,22H,3-4,6-7,9-14,16-18H2,1-2H3,(H2,26,27,28);1H. The number of ether oxygens (including phenoxy) is 3. The van der Waals surface area contributed by atoms with Crippen molar-refractivity contribution in [3.05, 3.63) is 18.2 Å². The van der Waals surface area contributed by atoms with E-state index in [-0.39, 0.29) is 24.0 Å². The molecule has 1 aromatic carbocycles. The van der Waals surface area contributed by atoms with Crippen LogP contribution in [0.25, 0.3) is 0 Å². The van der Waals surface area contributed by atoms with Gasteiger partial charge in [0.05, 0.1) is 13.2 Å². The second kappa shape index (κ2) is 13.6. The largest absolute Gasteiger partial charge is 0.490 e. The van der Waals surface area contributed by atoms with Crippen molar-refractivity contribution >= 4 is 35.6 Å². The molecular formula is C25H41IN4O3. The lowest BCUT2D eigenvalue weighted by Crippen LogP contribution is -2.33. The highest BCUT2D eigenvalue weighted by Crippen LogP contribution is 2.33. The van der Waals surface area contributed by atoms with Gasteiger partial charge in [-0.3, -0.25) is 4.99 Å². The summed E-state index contributed by atoms with van der Waals surface area (Å²) in [7, 11) is 0. The number of fused-ring (bicyclic) bond motifs is 1. The molecule has 8 heteroatoms. The molecule has 1 aromatic rings. The molecule has 7 nitrogen and oxygen atoms in total. The number of rotatable bonds is 10. The summed E-state index contributed by atoms with van der Waals surface area (Å²) >= 11 is 0. The van der Waals surface area contributed by atoms with Gasteiger partial charge >= 0.3 is 0 Å². The Morgan fingerprint density at radius 1 is 1.18 bits per heavy atom. The number of aliphatic imine (C=N–C) groups is 1. The molecule has 0 amide bonds. The van der Waals surface area contributed by atoms with Crippen LogP contribution in [-0.2, 0) is 4.74 Å². The van der Waals surface area contributed by atoms with Crippen LogP contribution < -0.4 is 20.1 Å². The normalized spacial score (nSPS) is 20.9. The van der Waals surface area contributed by atoms with Gasteiger partial charge in [-0.1, -0.05) is 13.8 Å². The molecule has 3 aliphatic rings. The molecule has 0 radical (unpaired) electrons. The lowest BCUT2D eigenvalue weighted by molar-refractivity contribution is 0.108. The zero-order chi connectivity index (χ0) is 22.2. The lowest BCUT2D eigenvalue weighted by atomic mass is 10.1. The van der Waals surface area contributed by atoms with Crippen LogP contribution in [0.15, 0.2) is 23.2 Å². The van der Waals surface area contributed by atoms with Gasteiger partial charge in [0.1, 0.15) is 0 Å². The molecule has 4 rings (SSSR count). The highest BCUT2D eigenvalue weighted by atomic mass is 127. The maximum absolute atomic E-state index is 5.85. The van der Waals surface area contributed by atoms with E-state index in [1.807, 2.05) is 18.2 Å². The molecule has 1 aliphatic carbocycles. The summed E-state index contributed by atoms with van der Waals surface area (Å²) in [6, 6.07) is 6.87.